The molecule has 0 spiro atoms. The van der Waals surface area contributed by atoms with Crippen molar-refractivity contribution in [2.75, 3.05) is 26.7 Å². The van der Waals surface area contributed by atoms with Gasteiger partial charge in [-0.3, -0.25) is 4.79 Å². The zero-order valence-electron chi connectivity index (χ0n) is 17.8. The topological polar surface area (TPSA) is 75.7 Å². The third-order valence-electron chi connectivity index (χ3n) is 5.78. The summed E-state index contributed by atoms with van der Waals surface area (Å²) in [5.41, 5.74) is 2.93. The lowest BCUT2D eigenvalue weighted by molar-refractivity contribution is -0.124. The Labute approximate surface area is 179 Å². The highest BCUT2D eigenvalue weighted by atomic mass is 32.2. The van der Waals surface area contributed by atoms with Crippen molar-refractivity contribution in [3.05, 3.63) is 54.1 Å². The Morgan fingerprint density at radius 1 is 1.13 bits per heavy atom. The van der Waals surface area contributed by atoms with Crippen molar-refractivity contribution < 1.29 is 17.9 Å². The molecule has 3 rings (SSSR count). The minimum absolute atomic E-state index is 0.105. The second-order valence-electron chi connectivity index (χ2n) is 7.67. The molecule has 2 atom stereocenters. The van der Waals surface area contributed by atoms with Crippen LogP contribution in [0.4, 0.5) is 0 Å². The number of methoxy groups -OCH3 is 1. The number of carbonyl (C=O) groups is 1. The molecule has 6 nitrogen and oxygen atoms in total. The maximum Gasteiger partial charge on any atom is 0.224 e. The van der Waals surface area contributed by atoms with Crippen LogP contribution in [0.15, 0.2) is 48.5 Å². The summed E-state index contributed by atoms with van der Waals surface area (Å²) in [6.07, 6.45) is 0.994. The van der Waals surface area contributed by atoms with E-state index in [-0.39, 0.29) is 12.5 Å². The minimum atomic E-state index is -3.44. The van der Waals surface area contributed by atoms with Gasteiger partial charge in [-0.25, -0.2) is 8.42 Å². The highest BCUT2D eigenvalue weighted by Gasteiger charge is 2.34. The van der Waals surface area contributed by atoms with E-state index in [0.717, 1.165) is 22.4 Å². The Balaban J connectivity index is 1.92. The monoisotopic (exact) mass is 430 g/mol. The highest BCUT2D eigenvalue weighted by Crippen LogP contribution is 2.33. The van der Waals surface area contributed by atoms with Gasteiger partial charge in [-0.05, 0) is 37.0 Å². The number of sulfonamides is 1. The van der Waals surface area contributed by atoms with Crippen molar-refractivity contribution in [1.82, 2.24) is 9.62 Å². The van der Waals surface area contributed by atoms with Crippen LogP contribution in [0.2, 0.25) is 0 Å². The van der Waals surface area contributed by atoms with E-state index >= 15 is 0 Å². The number of nitrogens with zero attached hydrogens (tertiary/aromatic N) is 1. The number of amides is 1. The van der Waals surface area contributed by atoms with E-state index in [1.165, 1.54) is 4.31 Å². The summed E-state index contributed by atoms with van der Waals surface area (Å²) < 4.78 is 32.8. The first-order chi connectivity index (χ1) is 14.4. The van der Waals surface area contributed by atoms with Crippen molar-refractivity contribution in [3.63, 3.8) is 0 Å². The molecular weight excluding hydrogens is 400 g/mol. The van der Waals surface area contributed by atoms with Gasteiger partial charge in [-0.2, -0.15) is 4.31 Å². The number of hydrogen-bond donors (Lipinski definition) is 1. The van der Waals surface area contributed by atoms with Crippen LogP contribution in [0.3, 0.4) is 0 Å². The lowest BCUT2D eigenvalue weighted by Crippen LogP contribution is -2.41. The van der Waals surface area contributed by atoms with Gasteiger partial charge in [-0.15, -0.1) is 0 Å². The third-order valence-corrected chi connectivity index (χ3v) is 8.18. The maximum absolute atomic E-state index is 12.9. The Morgan fingerprint density at radius 2 is 1.80 bits per heavy atom. The number of ether oxygens (including phenoxy) is 1. The molecule has 1 aliphatic heterocycles. The van der Waals surface area contributed by atoms with Gasteiger partial charge in [0.15, 0.2) is 0 Å². The second-order valence-corrected chi connectivity index (χ2v) is 10.0. The van der Waals surface area contributed by atoms with E-state index in [1.807, 2.05) is 55.5 Å². The molecule has 0 saturated carbocycles. The summed E-state index contributed by atoms with van der Waals surface area (Å²) in [6, 6.07) is 15.7. The van der Waals surface area contributed by atoms with Crippen molar-refractivity contribution in [2.45, 2.75) is 31.9 Å². The number of benzene rings is 2. The van der Waals surface area contributed by atoms with Crippen molar-refractivity contribution in [1.29, 1.82) is 0 Å². The van der Waals surface area contributed by atoms with Gasteiger partial charge in [0.2, 0.25) is 15.9 Å². The SMILES string of the molecule is CC[C@@H](C)S(=O)(=O)N1CCNC(=O)[C@@H](Cc2ccccc2-c2ccccc2OC)C1. The third kappa shape index (κ3) is 4.68. The summed E-state index contributed by atoms with van der Waals surface area (Å²) in [4.78, 5) is 12.7. The summed E-state index contributed by atoms with van der Waals surface area (Å²) >= 11 is 0. The van der Waals surface area contributed by atoms with Crippen molar-refractivity contribution >= 4 is 15.9 Å². The molecule has 1 saturated heterocycles. The number of para-hydroxylation sites is 1. The predicted molar refractivity (Wildman–Crippen MR) is 119 cm³/mol. The fraction of sp³-hybridized carbons (Fsp3) is 0.435. The zero-order valence-corrected chi connectivity index (χ0v) is 18.6. The van der Waals surface area contributed by atoms with Crippen LogP contribution >= 0.6 is 0 Å². The van der Waals surface area contributed by atoms with Gasteiger partial charge in [0.05, 0.1) is 18.3 Å². The molecule has 0 radical (unpaired) electrons. The average Bonchev–Trinajstić information content (AvgIpc) is 2.95. The second kappa shape index (κ2) is 9.62. The largest absolute Gasteiger partial charge is 0.496 e. The number of hydrogen-bond acceptors (Lipinski definition) is 4. The van der Waals surface area contributed by atoms with Crippen LogP contribution in [0, 0.1) is 5.92 Å². The molecule has 2 aromatic carbocycles. The molecular formula is C23H30N2O4S. The van der Waals surface area contributed by atoms with Gasteiger partial charge < -0.3 is 10.1 Å². The first-order valence-corrected chi connectivity index (χ1v) is 11.9. The van der Waals surface area contributed by atoms with Gasteiger partial charge in [0, 0.05) is 25.2 Å². The molecule has 0 unspecified atom stereocenters. The standard InChI is InChI=1S/C23H30N2O4S/c1-4-17(2)30(27,28)25-14-13-24-23(26)19(16-25)15-18-9-5-6-10-20(18)21-11-7-8-12-22(21)29-3/h5-12,17,19H,4,13-16H2,1-3H3,(H,24,26)/t17-,19+/m1/s1. The van der Waals surface area contributed by atoms with Gasteiger partial charge in [0.25, 0.3) is 0 Å². The fourth-order valence-electron chi connectivity index (χ4n) is 3.82. The molecule has 1 N–H and O–H groups in total. The van der Waals surface area contributed by atoms with E-state index in [9.17, 15) is 13.2 Å². The van der Waals surface area contributed by atoms with E-state index in [1.54, 1.807) is 14.0 Å². The van der Waals surface area contributed by atoms with Crippen LogP contribution in [0.1, 0.15) is 25.8 Å². The zero-order chi connectivity index (χ0) is 21.7. The first kappa shape index (κ1) is 22.3. The van der Waals surface area contributed by atoms with Gasteiger partial charge in [-0.1, -0.05) is 49.4 Å². The Kier molecular flexibility index (Phi) is 7.15. The molecule has 1 aliphatic rings. The number of carbonyl (C=O) groups excluding carboxylic acids is 1. The maximum atomic E-state index is 12.9. The van der Waals surface area contributed by atoms with Crippen LogP contribution in [0.25, 0.3) is 11.1 Å². The summed E-state index contributed by atoms with van der Waals surface area (Å²) in [7, 11) is -1.80. The summed E-state index contributed by atoms with van der Waals surface area (Å²) in [5.74, 6) is 0.199. The van der Waals surface area contributed by atoms with Crippen LogP contribution < -0.4 is 10.1 Å². The lowest BCUT2D eigenvalue weighted by Gasteiger charge is -2.26. The van der Waals surface area contributed by atoms with E-state index in [2.05, 4.69) is 5.32 Å². The van der Waals surface area contributed by atoms with Gasteiger partial charge in [0.1, 0.15) is 5.75 Å². The highest BCUT2D eigenvalue weighted by molar-refractivity contribution is 7.89. The molecule has 0 bridgehead atoms. The number of nitrogens with one attached hydrogen (secondary N) is 1. The smallest absolute Gasteiger partial charge is 0.224 e. The van der Waals surface area contributed by atoms with E-state index in [0.29, 0.717) is 25.9 Å². The fourth-order valence-corrected chi connectivity index (χ4v) is 5.48. The lowest BCUT2D eigenvalue weighted by atomic mass is 9.91. The predicted octanol–water partition coefficient (Wildman–Crippen LogP) is 3.08. The quantitative estimate of drug-likeness (QED) is 0.732. The molecule has 1 fully saturated rings. The average molecular weight is 431 g/mol. The Bertz CT molecular complexity index is 990. The Hall–Kier alpha value is -2.38. The molecule has 0 aliphatic carbocycles. The van der Waals surface area contributed by atoms with E-state index < -0.39 is 21.2 Å². The summed E-state index contributed by atoms with van der Waals surface area (Å²) in [6.45, 7) is 4.42. The van der Waals surface area contributed by atoms with Gasteiger partial charge >= 0.3 is 0 Å². The first-order valence-electron chi connectivity index (χ1n) is 10.4. The summed E-state index contributed by atoms with van der Waals surface area (Å²) in [5, 5.41) is 2.42. The normalized spacial score (nSPS) is 19.0. The van der Waals surface area contributed by atoms with E-state index in [4.69, 9.17) is 4.74 Å². The number of rotatable bonds is 7. The molecule has 0 aromatic heterocycles. The molecule has 7 heteroatoms. The molecule has 30 heavy (non-hydrogen) atoms. The minimum Gasteiger partial charge on any atom is -0.496 e. The van der Waals surface area contributed by atoms with Crippen molar-refractivity contribution in [2.24, 2.45) is 5.92 Å². The van der Waals surface area contributed by atoms with Crippen molar-refractivity contribution in [3.8, 4) is 16.9 Å². The van der Waals surface area contributed by atoms with Crippen LogP contribution in [-0.4, -0.2) is 50.6 Å². The Morgan fingerprint density at radius 3 is 2.50 bits per heavy atom. The van der Waals surface area contributed by atoms with Crippen LogP contribution in [-0.2, 0) is 21.2 Å². The van der Waals surface area contributed by atoms with Crippen LogP contribution in [0.5, 0.6) is 5.75 Å². The molecule has 1 heterocycles. The molecule has 1 amide bonds. The molecule has 2 aromatic rings. The molecule has 162 valence electrons.